The van der Waals surface area contributed by atoms with Crippen LogP contribution in [0, 0.1) is 0 Å². The molecule has 0 radical (unpaired) electrons. The van der Waals surface area contributed by atoms with E-state index in [0.29, 0.717) is 19.6 Å². The van der Waals surface area contributed by atoms with Crippen LogP contribution in [0.15, 0.2) is 30.5 Å². The molecule has 0 bridgehead atoms. The van der Waals surface area contributed by atoms with Crippen LogP contribution in [-0.4, -0.2) is 23.3 Å². The third kappa shape index (κ3) is 6.05. The fourth-order valence-corrected chi connectivity index (χ4v) is 2.64. The number of aromatic hydroxyl groups is 1. The average molecular weight is 383 g/mol. The highest BCUT2D eigenvalue weighted by Crippen LogP contribution is 2.30. The molecular formula is C20H24F3NO3. The van der Waals surface area contributed by atoms with Crippen LogP contribution >= 0.6 is 0 Å². The number of phenols is 1. The lowest BCUT2D eigenvalue weighted by Crippen LogP contribution is -2.07. The first-order chi connectivity index (χ1) is 12.8. The largest absolute Gasteiger partial charge is 0.508 e. The van der Waals surface area contributed by atoms with Gasteiger partial charge in [0.05, 0.1) is 18.8 Å². The Balaban J connectivity index is 1.77. The van der Waals surface area contributed by atoms with Gasteiger partial charge in [-0.05, 0) is 55.0 Å². The van der Waals surface area contributed by atoms with Crippen LogP contribution in [-0.2, 0) is 19.0 Å². The number of halogens is 3. The summed E-state index contributed by atoms with van der Waals surface area (Å²) >= 11 is 0. The first-order valence-corrected chi connectivity index (χ1v) is 8.98. The molecule has 1 aromatic heterocycles. The Morgan fingerprint density at radius 2 is 1.56 bits per heavy atom. The maximum absolute atomic E-state index is 12.5. The molecule has 0 saturated heterocycles. The molecule has 0 spiro atoms. The molecule has 0 fully saturated rings. The lowest BCUT2D eigenvalue weighted by atomic mass is 10.0. The number of alkyl halides is 3. The Kier molecular flexibility index (Phi) is 7.33. The molecular weight excluding hydrogens is 359 g/mol. The Hall–Kier alpha value is -2.44. The third-order valence-electron chi connectivity index (χ3n) is 4.09. The second kappa shape index (κ2) is 9.48. The quantitative estimate of drug-likeness (QED) is 0.607. The van der Waals surface area contributed by atoms with E-state index in [4.69, 9.17) is 9.47 Å². The standard InChI is InChI=1S/C20H24F3NO3/c1-3-14-11-17(25)12-15(4-2)19(14)27-10-6-5-9-26-18-8-7-16(13-24-18)20(21,22)23/h7-8,11-13,25H,3-6,9-10H2,1-2H3. The van der Waals surface area contributed by atoms with Crippen molar-refractivity contribution in [2.24, 2.45) is 0 Å². The predicted octanol–water partition coefficient (Wildman–Crippen LogP) is 5.17. The van der Waals surface area contributed by atoms with Crippen LogP contribution in [0.5, 0.6) is 17.4 Å². The highest BCUT2D eigenvalue weighted by molar-refractivity contribution is 5.47. The zero-order valence-electron chi connectivity index (χ0n) is 15.5. The van der Waals surface area contributed by atoms with E-state index in [-0.39, 0.29) is 11.6 Å². The summed E-state index contributed by atoms with van der Waals surface area (Å²) in [4.78, 5) is 3.67. The van der Waals surface area contributed by atoms with Crippen LogP contribution in [0.25, 0.3) is 0 Å². The van der Waals surface area contributed by atoms with Crippen molar-refractivity contribution in [3.8, 4) is 17.4 Å². The van der Waals surface area contributed by atoms with E-state index < -0.39 is 11.7 Å². The minimum atomic E-state index is -4.40. The molecule has 0 aliphatic carbocycles. The molecule has 2 aromatic rings. The van der Waals surface area contributed by atoms with Crippen molar-refractivity contribution in [3.63, 3.8) is 0 Å². The highest BCUT2D eigenvalue weighted by Gasteiger charge is 2.30. The van der Waals surface area contributed by atoms with Crippen LogP contribution < -0.4 is 9.47 Å². The van der Waals surface area contributed by atoms with Gasteiger partial charge in [-0.2, -0.15) is 13.2 Å². The fourth-order valence-electron chi connectivity index (χ4n) is 2.64. The molecule has 148 valence electrons. The molecule has 27 heavy (non-hydrogen) atoms. The second-order valence-electron chi connectivity index (χ2n) is 6.09. The van der Waals surface area contributed by atoms with Gasteiger partial charge in [-0.1, -0.05) is 13.8 Å². The van der Waals surface area contributed by atoms with Gasteiger partial charge < -0.3 is 14.6 Å². The lowest BCUT2D eigenvalue weighted by Gasteiger charge is -2.15. The summed E-state index contributed by atoms with van der Waals surface area (Å²) in [5.74, 6) is 1.24. The van der Waals surface area contributed by atoms with E-state index in [1.165, 1.54) is 6.07 Å². The zero-order chi connectivity index (χ0) is 19.9. The van der Waals surface area contributed by atoms with E-state index in [0.717, 1.165) is 48.4 Å². The summed E-state index contributed by atoms with van der Waals surface area (Å²) < 4.78 is 48.7. The van der Waals surface area contributed by atoms with Crippen molar-refractivity contribution >= 4 is 0 Å². The molecule has 1 heterocycles. The average Bonchev–Trinajstić information content (AvgIpc) is 2.64. The summed E-state index contributed by atoms with van der Waals surface area (Å²) in [6.07, 6.45) is -0.690. The lowest BCUT2D eigenvalue weighted by molar-refractivity contribution is -0.137. The number of unbranched alkanes of at least 4 members (excludes halogenated alkanes) is 1. The van der Waals surface area contributed by atoms with Crippen LogP contribution in [0.4, 0.5) is 13.2 Å². The molecule has 0 atom stereocenters. The van der Waals surface area contributed by atoms with E-state index in [1.54, 1.807) is 12.1 Å². The molecule has 0 saturated carbocycles. The summed E-state index contributed by atoms with van der Waals surface area (Å²) in [6.45, 7) is 4.85. The molecule has 7 heteroatoms. The van der Waals surface area contributed by atoms with Crippen molar-refractivity contribution in [2.75, 3.05) is 13.2 Å². The fraction of sp³-hybridized carbons (Fsp3) is 0.450. The summed E-state index contributed by atoms with van der Waals surface area (Å²) in [7, 11) is 0. The van der Waals surface area contributed by atoms with Gasteiger partial charge in [-0.3, -0.25) is 0 Å². The molecule has 4 nitrogen and oxygen atoms in total. The number of benzene rings is 1. The normalized spacial score (nSPS) is 11.4. The minimum Gasteiger partial charge on any atom is -0.508 e. The van der Waals surface area contributed by atoms with E-state index in [2.05, 4.69) is 4.98 Å². The monoisotopic (exact) mass is 383 g/mol. The molecule has 0 aliphatic heterocycles. The first kappa shape index (κ1) is 20.9. The molecule has 1 N–H and O–H groups in total. The molecule has 0 unspecified atom stereocenters. The smallest absolute Gasteiger partial charge is 0.417 e. The number of phenolic OH excluding ortho intramolecular Hbond substituents is 1. The van der Waals surface area contributed by atoms with Crippen LogP contribution in [0.2, 0.25) is 0 Å². The maximum Gasteiger partial charge on any atom is 0.417 e. The summed E-state index contributed by atoms with van der Waals surface area (Å²) in [6, 6.07) is 5.60. The topological polar surface area (TPSA) is 51.6 Å². The maximum atomic E-state index is 12.5. The summed E-state index contributed by atoms with van der Waals surface area (Å²) in [5, 5.41) is 9.75. The van der Waals surface area contributed by atoms with Crippen molar-refractivity contribution in [3.05, 3.63) is 47.2 Å². The number of hydrogen-bond acceptors (Lipinski definition) is 4. The number of aryl methyl sites for hydroxylation is 2. The Labute approximate surface area is 157 Å². The Bertz CT molecular complexity index is 705. The van der Waals surface area contributed by atoms with E-state index >= 15 is 0 Å². The van der Waals surface area contributed by atoms with Crippen LogP contribution in [0.3, 0.4) is 0 Å². The zero-order valence-corrected chi connectivity index (χ0v) is 15.5. The van der Waals surface area contributed by atoms with Crippen molar-refractivity contribution in [1.82, 2.24) is 4.98 Å². The molecule has 1 aromatic carbocycles. The SMILES string of the molecule is CCc1cc(O)cc(CC)c1OCCCCOc1ccc(C(F)(F)F)cn1. The van der Waals surface area contributed by atoms with Gasteiger partial charge >= 0.3 is 6.18 Å². The van der Waals surface area contributed by atoms with Gasteiger partial charge in [0, 0.05) is 12.3 Å². The Morgan fingerprint density at radius 3 is 2.04 bits per heavy atom. The molecule has 2 rings (SSSR count). The predicted molar refractivity (Wildman–Crippen MR) is 96.3 cm³/mol. The number of ether oxygens (including phenoxy) is 2. The number of aromatic nitrogens is 1. The van der Waals surface area contributed by atoms with Crippen LogP contribution in [0.1, 0.15) is 43.4 Å². The van der Waals surface area contributed by atoms with Crippen molar-refractivity contribution in [2.45, 2.75) is 45.7 Å². The van der Waals surface area contributed by atoms with Crippen molar-refractivity contribution in [1.29, 1.82) is 0 Å². The number of hydrogen-bond donors (Lipinski definition) is 1. The number of nitrogens with zero attached hydrogens (tertiary/aromatic N) is 1. The number of rotatable bonds is 9. The van der Waals surface area contributed by atoms with Gasteiger partial charge in [-0.25, -0.2) is 4.98 Å². The summed E-state index contributed by atoms with van der Waals surface area (Å²) in [5.41, 5.74) is 1.14. The third-order valence-corrected chi connectivity index (χ3v) is 4.09. The molecule has 0 amide bonds. The Morgan fingerprint density at radius 1 is 0.963 bits per heavy atom. The van der Waals surface area contributed by atoms with Gasteiger partial charge in [0.2, 0.25) is 5.88 Å². The van der Waals surface area contributed by atoms with E-state index in [1.807, 2.05) is 13.8 Å². The highest BCUT2D eigenvalue weighted by atomic mass is 19.4. The first-order valence-electron chi connectivity index (χ1n) is 8.98. The number of pyridine rings is 1. The minimum absolute atomic E-state index is 0.170. The van der Waals surface area contributed by atoms with E-state index in [9.17, 15) is 18.3 Å². The van der Waals surface area contributed by atoms with Gasteiger partial charge in [0.15, 0.2) is 0 Å². The second-order valence-corrected chi connectivity index (χ2v) is 6.09. The van der Waals surface area contributed by atoms with Crippen molar-refractivity contribution < 1.29 is 27.8 Å². The molecule has 0 aliphatic rings. The van der Waals surface area contributed by atoms with Gasteiger partial charge in [0.25, 0.3) is 0 Å². The van der Waals surface area contributed by atoms with Gasteiger partial charge in [-0.15, -0.1) is 0 Å². The van der Waals surface area contributed by atoms with Gasteiger partial charge in [0.1, 0.15) is 11.5 Å².